The number of primary amides is 1. The number of pyridine rings is 1. The van der Waals surface area contributed by atoms with E-state index in [9.17, 15) is 24.0 Å². The van der Waals surface area contributed by atoms with Crippen LogP contribution in [0.2, 0.25) is 0 Å². The summed E-state index contributed by atoms with van der Waals surface area (Å²) in [5.74, 6) is 0.806. The van der Waals surface area contributed by atoms with E-state index in [1.165, 1.54) is 56.5 Å². The van der Waals surface area contributed by atoms with Crippen LogP contribution in [0.15, 0.2) is 47.4 Å². The Bertz CT molecular complexity index is 1960. The molecule has 0 saturated heterocycles. The van der Waals surface area contributed by atoms with Crippen LogP contribution in [0.4, 0.5) is 0 Å². The molecule has 3 aromatic rings. The highest BCUT2D eigenvalue weighted by Crippen LogP contribution is 2.47. The number of aryl methyl sites for hydroxylation is 1. The summed E-state index contributed by atoms with van der Waals surface area (Å²) in [5, 5.41) is 7.20. The lowest BCUT2D eigenvalue weighted by molar-refractivity contribution is -0.137. The number of likely N-dealkylation sites (N-methyl/N-ethyl adjacent to an activating group) is 1. The van der Waals surface area contributed by atoms with Gasteiger partial charge in [-0.15, -0.1) is 0 Å². The second-order valence-corrected chi connectivity index (χ2v) is 16.8. The predicted octanol–water partition coefficient (Wildman–Crippen LogP) is 4.78. The molecule has 2 aromatic heterocycles. The number of fused-ring (bicyclic) bond motifs is 1. The molecule has 1 aromatic carbocycles. The van der Waals surface area contributed by atoms with E-state index in [-0.39, 0.29) is 50.8 Å². The number of nitrogens with zero attached hydrogens (tertiary/aromatic N) is 3. The molecule has 9 N–H and O–H groups in total. The van der Waals surface area contributed by atoms with Crippen LogP contribution in [0.25, 0.3) is 10.9 Å². The Morgan fingerprint density at radius 2 is 1.85 bits per heavy atom. The zero-order valence-corrected chi connectivity index (χ0v) is 38.0. The quantitative estimate of drug-likeness (QED) is 0.0686. The van der Waals surface area contributed by atoms with Crippen molar-refractivity contribution in [3.8, 4) is 11.6 Å². The number of unbranched alkanes of at least 4 members (excludes halogenated alkanes) is 3. The minimum absolute atomic E-state index is 0. The molecule has 2 heterocycles. The fourth-order valence-electron chi connectivity index (χ4n) is 6.00. The number of carbonyl (C=O) groups excluding carboxylic acids is 4. The molecular formula is C43H75N7O10S. The van der Waals surface area contributed by atoms with E-state index in [0.717, 1.165) is 23.3 Å². The first kappa shape index (κ1) is 54.1. The number of rotatable bonds is 20. The van der Waals surface area contributed by atoms with Gasteiger partial charge in [0.15, 0.2) is 11.3 Å². The van der Waals surface area contributed by atoms with Crippen LogP contribution in [-0.2, 0) is 25.7 Å². The van der Waals surface area contributed by atoms with E-state index in [2.05, 4.69) is 46.1 Å². The van der Waals surface area contributed by atoms with Crippen molar-refractivity contribution < 1.29 is 48.6 Å². The highest BCUT2D eigenvalue weighted by molar-refractivity contribution is 7.99. The van der Waals surface area contributed by atoms with Crippen molar-refractivity contribution in [3.05, 3.63) is 64.1 Å². The van der Waals surface area contributed by atoms with Gasteiger partial charge in [-0.05, 0) is 102 Å². The molecule has 17 nitrogen and oxygen atoms in total. The number of aromatic amines is 1. The first-order valence-electron chi connectivity index (χ1n) is 20.4. The molecule has 5 rings (SSSR count). The molecule has 348 valence electrons. The summed E-state index contributed by atoms with van der Waals surface area (Å²) in [6.45, 7) is 12.7. The lowest BCUT2D eigenvalue weighted by atomic mass is 10.1. The van der Waals surface area contributed by atoms with Crippen LogP contribution in [0.5, 0.6) is 11.6 Å². The lowest BCUT2D eigenvalue weighted by Crippen LogP contribution is -2.48. The van der Waals surface area contributed by atoms with Crippen molar-refractivity contribution in [2.45, 2.75) is 116 Å². The molecule has 0 radical (unpaired) electrons. The van der Waals surface area contributed by atoms with Gasteiger partial charge in [-0.3, -0.25) is 33.4 Å². The fourth-order valence-corrected chi connectivity index (χ4v) is 6.80. The zero-order valence-electron chi connectivity index (χ0n) is 37.2. The summed E-state index contributed by atoms with van der Waals surface area (Å²) in [6.07, 6.45) is 15.2. The van der Waals surface area contributed by atoms with Crippen LogP contribution in [-0.4, -0.2) is 106 Å². The maximum Gasteiger partial charge on any atom is 0.272 e. The monoisotopic (exact) mass is 882 g/mol. The number of carbonyl (C=O) groups is 4. The van der Waals surface area contributed by atoms with Crippen molar-refractivity contribution in [2.24, 2.45) is 17.6 Å². The molecule has 2 saturated carbocycles. The van der Waals surface area contributed by atoms with Gasteiger partial charge in [0.2, 0.25) is 17.7 Å². The topological polar surface area (TPSA) is 263 Å². The molecule has 2 aliphatic rings. The summed E-state index contributed by atoms with van der Waals surface area (Å²) < 4.78 is 20.7. The number of aromatic nitrogens is 3. The third-order valence-corrected chi connectivity index (χ3v) is 11.2. The third kappa shape index (κ3) is 17.5. The molecule has 2 fully saturated rings. The second-order valence-electron chi connectivity index (χ2n) is 15.4. The number of allylic oxidation sites excluding steroid dienone is 2. The minimum Gasteiger partial charge on any atom is -0.496 e. The maximum absolute atomic E-state index is 12.0. The summed E-state index contributed by atoms with van der Waals surface area (Å²) in [7, 11) is 4.67. The maximum atomic E-state index is 12.0. The molecule has 2 aliphatic carbocycles. The molecule has 3 atom stereocenters. The Morgan fingerprint density at radius 1 is 1.15 bits per heavy atom. The summed E-state index contributed by atoms with van der Waals surface area (Å²) in [5.41, 5.74) is 7.05. The summed E-state index contributed by atoms with van der Waals surface area (Å²) >= 11 is 1.63. The average Bonchev–Trinajstić information content (AvgIpc) is 4.10. The van der Waals surface area contributed by atoms with Gasteiger partial charge in [-0.25, -0.2) is 0 Å². The van der Waals surface area contributed by atoms with Crippen molar-refractivity contribution in [1.29, 1.82) is 0 Å². The van der Waals surface area contributed by atoms with E-state index < -0.39 is 23.8 Å². The highest BCUT2D eigenvalue weighted by Gasteiger charge is 2.44. The molecule has 0 spiro atoms. The number of H-pyrrole nitrogens is 1. The summed E-state index contributed by atoms with van der Waals surface area (Å²) in [6, 6.07) is 5.91. The van der Waals surface area contributed by atoms with Crippen molar-refractivity contribution in [3.63, 3.8) is 0 Å². The molecule has 0 aliphatic heterocycles. The second kappa shape index (κ2) is 26.4. The predicted molar refractivity (Wildman–Crippen MR) is 246 cm³/mol. The number of hydrogen-bond donors (Lipinski definition) is 4. The molecule has 0 bridgehead atoms. The molecule has 61 heavy (non-hydrogen) atoms. The van der Waals surface area contributed by atoms with Crippen molar-refractivity contribution in [1.82, 2.24) is 29.7 Å². The first-order chi connectivity index (χ1) is 28.1. The number of nitrogens with one attached hydrogen (secondary N) is 3. The zero-order chi connectivity index (χ0) is 43.7. The van der Waals surface area contributed by atoms with Gasteiger partial charge in [-0.2, -0.15) is 5.10 Å². The SMILES string of the molecule is CCC(C(N)=O)N(C)C(=O)CNC(=O)c1ccn(CCOC)n1.CCCCC/C=C\C1CC1C(=O)NSC1(C)CC1.COc1ccc2c(=O)cc(OC(C)C)[nH]c2c1C.O.O.[HH].[HH].[HH]. The average molecular weight is 882 g/mol. The van der Waals surface area contributed by atoms with Gasteiger partial charge in [0.25, 0.3) is 5.91 Å². The number of amides is 4. The van der Waals surface area contributed by atoms with Crippen molar-refractivity contribution >= 4 is 46.5 Å². The van der Waals surface area contributed by atoms with E-state index in [0.29, 0.717) is 41.5 Å². The van der Waals surface area contributed by atoms with Gasteiger partial charge in [0, 0.05) is 52.3 Å². The van der Waals surface area contributed by atoms with Crippen LogP contribution in [0, 0.1) is 18.8 Å². The van der Waals surface area contributed by atoms with E-state index in [1.807, 2.05) is 20.8 Å². The van der Waals surface area contributed by atoms with E-state index in [1.54, 1.807) is 62.2 Å². The summed E-state index contributed by atoms with van der Waals surface area (Å²) in [4.78, 5) is 63.4. The highest BCUT2D eigenvalue weighted by atomic mass is 32.2. The number of nitrogens with two attached hydrogens (primary N) is 1. The third-order valence-electron chi connectivity index (χ3n) is 10.0. The first-order valence-corrected chi connectivity index (χ1v) is 21.3. The lowest BCUT2D eigenvalue weighted by Gasteiger charge is -2.24. The van der Waals surface area contributed by atoms with Crippen LogP contribution >= 0.6 is 11.9 Å². The van der Waals surface area contributed by atoms with E-state index >= 15 is 0 Å². The Balaban J connectivity index is -0.000000846. The Morgan fingerprint density at radius 3 is 2.44 bits per heavy atom. The number of methoxy groups -OCH3 is 2. The standard InChI is InChI=1S/C15H25NOS.C14H23N5O4.C14H17NO3.2H2O.3H2/c1-3-4-5-6-7-8-12-11-13(12)14(17)16-18-15(2)9-10-15;1-4-11(13(15)21)18(2)12(20)9-16-14(22)10-5-6-19(17-10)7-8-23-3;1-8(2)18-13-7-11(16)10-5-6-12(17-4)9(3)14(10)15-13;;;;;/h7-8,12-13H,3-6,9-11H2,1-2H3,(H,16,17);5-6,11H,4,7-9H2,1-3H3,(H2,15,21)(H,16,22);5-8H,1-4H3,(H,15,16);2*1H2;3*1H/b8-7-;;;;;;;. The minimum atomic E-state index is -0.687. The van der Waals surface area contributed by atoms with Gasteiger partial charge in [-0.1, -0.05) is 38.8 Å². The fraction of sp³-hybridized carbons (Fsp3) is 0.581. The van der Waals surface area contributed by atoms with Gasteiger partial charge >= 0.3 is 0 Å². The number of benzene rings is 1. The van der Waals surface area contributed by atoms with Crippen molar-refractivity contribution in [2.75, 3.05) is 34.4 Å². The molecule has 3 unspecified atom stereocenters. The van der Waals surface area contributed by atoms with Crippen LogP contribution < -0.4 is 30.7 Å². The normalized spacial score (nSPS) is 16.0. The Labute approximate surface area is 368 Å². The van der Waals surface area contributed by atoms with Gasteiger partial charge in [0.05, 0.1) is 38.4 Å². The Kier molecular flexibility index (Phi) is 23.4. The number of ether oxygens (including phenoxy) is 3. The largest absolute Gasteiger partial charge is 0.496 e. The van der Waals surface area contributed by atoms with Gasteiger partial charge in [0.1, 0.15) is 17.5 Å². The van der Waals surface area contributed by atoms with Crippen LogP contribution in [0.1, 0.15) is 106 Å². The smallest absolute Gasteiger partial charge is 0.272 e. The number of hydrogen-bond acceptors (Lipinski definition) is 10. The molecular weight excluding hydrogens is 807 g/mol. The van der Waals surface area contributed by atoms with Crippen LogP contribution in [0.3, 0.4) is 0 Å². The van der Waals surface area contributed by atoms with Gasteiger partial charge < -0.3 is 46.1 Å². The Hall–Kier alpha value is -4.91. The molecule has 18 heteroatoms. The van der Waals surface area contributed by atoms with E-state index in [4.69, 9.17) is 19.9 Å². The molecule has 4 amide bonds.